The maximum absolute atomic E-state index is 13.6. The number of benzene rings is 1. The highest BCUT2D eigenvalue weighted by atomic mass is 19.1. The number of anilines is 1. The van der Waals surface area contributed by atoms with Gasteiger partial charge in [-0.1, -0.05) is 18.6 Å². The SMILES string of the molecule is Cc1nc(N)cc(CC2CCN(C(=O)C3CCCCN3Cc3cccc(F)c3)CC2)n1. The molecule has 2 fully saturated rings. The second-order valence-corrected chi connectivity index (χ2v) is 8.92. The van der Waals surface area contributed by atoms with Crippen LogP contribution >= 0.6 is 0 Å². The van der Waals surface area contributed by atoms with Crippen molar-refractivity contribution in [3.05, 3.63) is 53.2 Å². The van der Waals surface area contributed by atoms with Crippen molar-refractivity contribution >= 4 is 11.7 Å². The van der Waals surface area contributed by atoms with E-state index in [1.54, 1.807) is 12.1 Å². The van der Waals surface area contributed by atoms with Crippen LogP contribution in [-0.2, 0) is 17.8 Å². The Morgan fingerprint density at radius 2 is 1.94 bits per heavy atom. The van der Waals surface area contributed by atoms with E-state index in [4.69, 9.17) is 5.73 Å². The molecule has 6 nitrogen and oxygen atoms in total. The summed E-state index contributed by atoms with van der Waals surface area (Å²) in [5.74, 6) is 1.74. The number of carbonyl (C=O) groups is 1. The molecule has 7 heteroatoms. The van der Waals surface area contributed by atoms with Crippen LogP contribution in [0.5, 0.6) is 0 Å². The van der Waals surface area contributed by atoms with Crippen LogP contribution in [0.3, 0.4) is 0 Å². The Bertz CT molecular complexity index is 892. The molecule has 0 saturated carbocycles. The molecule has 166 valence electrons. The molecular formula is C24H32FN5O. The molecule has 1 atom stereocenters. The van der Waals surface area contributed by atoms with Crippen molar-refractivity contribution in [3.8, 4) is 0 Å². The normalized spacial score (nSPS) is 20.7. The summed E-state index contributed by atoms with van der Waals surface area (Å²) in [7, 11) is 0. The third kappa shape index (κ3) is 5.58. The Morgan fingerprint density at radius 1 is 1.13 bits per heavy atom. The number of hydrogen-bond acceptors (Lipinski definition) is 5. The van der Waals surface area contributed by atoms with Gasteiger partial charge in [0, 0.05) is 31.4 Å². The molecule has 1 unspecified atom stereocenters. The molecule has 2 aromatic rings. The summed E-state index contributed by atoms with van der Waals surface area (Å²) in [6.45, 7) is 4.94. The second-order valence-electron chi connectivity index (χ2n) is 8.92. The Kier molecular flexibility index (Phi) is 6.80. The van der Waals surface area contributed by atoms with Gasteiger partial charge in [-0.15, -0.1) is 0 Å². The van der Waals surface area contributed by atoms with Gasteiger partial charge in [0.2, 0.25) is 5.91 Å². The molecule has 0 bridgehead atoms. The maximum Gasteiger partial charge on any atom is 0.239 e. The summed E-state index contributed by atoms with van der Waals surface area (Å²) in [4.78, 5) is 26.3. The number of carbonyl (C=O) groups excluding carboxylic acids is 1. The zero-order chi connectivity index (χ0) is 21.8. The Hall–Kier alpha value is -2.54. The first-order valence-corrected chi connectivity index (χ1v) is 11.4. The first-order valence-electron chi connectivity index (χ1n) is 11.4. The van der Waals surface area contributed by atoms with E-state index in [0.29, 0.717) is 24.1 Å². The van der Waals surface area contributed by atoms with Gasteiger partial charge < -0.3 is 10.6 Å². The minimum absolute atomic E-state index is 0.0992. The topological polar surface area (TPSA) is 75.3 Å². The number of rotatable bonds is 5. The van der Waals surface area contributed by atoms with Crippen LogP contribution < -0.4 is 5.73 Å². The summed E-state index contributed by atoms with van der Waals surface area (Å²) in [6.07, 6.45) is 5.87. The quantitative estimate of drug-likeness (QED) is 0.795. The third-order valence-corrected chi connectivity index (χ3v) is 6.51. The number of halogens is 1. The molecule has 0 aliphatic carbocycles. The number of nitrogen functional groups attached to an aromatic ring is 1. The van der Waals surface area contributed by atoms with E-state index in [-0.39, 0.29) is 17.8 Å². The molecular weight excluding hydrogens is 393 g/mol. The summed E-state index contributed by atoms with van der Waals surface area (Å²) in [5.41, 5.74) is 7.77. The zero-order valence-electron chi connectivity index (χ0n) is 18.3. The zero-order valence-corrected chi connectivity index (χ0v) is 18.3. The number of aromatic nitrogens is 2. The highest BCUT2D eigenvalue weighted by molar-refractivity contribution is 5.82. The molecule has 2 saturated heterocycles. The van der Waals surface area contributed by atoms with Crippen molar-refractivity contribution in [2.75, 3.05) is 25.4 Å². The van der Waals surface area contributed by atoms with E-state index in [1.807, 2.05) is 24.0 Å². The molecule has 2 aliphatic heterocycles. The van der Waals surface area contributed by atoms with E-state index in [0.717, 1.165) is 69.4 Å². The summed E-state index contributed by atoms with van der Waals surface area (Å²) in [6, 6.07) is 8.47. The number of piperidine rings is 2. The molecule has 1 aromatic carbocycles. The second kappa shape index (κ2) is 9.73. The molecule has 0 radical (unpaired) electrons. The van der Waals surface area contributed by atoms with E-state index in [2.05, 4.69) is 14.9 Å². The van der Waals surface area contributed by atoms with Crippen molar-refractivity contribution in [3.63, 3.8) is 0 Å². The lowest BCUT2D eigenvalue weighted by Gasteiger charge is -2.40. The van der Waals surface area contributed by atoms with E-state index in [1.165, 1.54) is 6.07 Å². The highest BCUT2D eigenvalue weighted by Gasteiger charge is 2.33. The van der Waals surface area contributed by atoms with Gasteiger partial charge in [0.15, 0.2) is 0 Å². The summed E-state index contributed by atoms with van der Waals surface area (Å²) in [5, 5.41) is 0. The fraction of sp³-hybridized carbons (Fsp3) is 0.542. The van der Waals surface area contributed by atoms with Gasteiger partial charge in [-0.25, -0.2) is 14.4 Å². The fourth-order valence-electron chi connectivity index (χ4n) is 4.95. The van der Waals surface area contributed by atoms with Crippen molar-refractivity contribution < 1.29 is 9.18 Å². The molecule has 1 aromatic heterocycles. The van der Waals surface area contributed by atoms with Gasteiger partial charge >= 0.3 is 0 Å². The first kappa shape index (κ1) is 21.7. The number of hydrogen-bond donors (Lipinski definition) is 1. The number of likely N-dealkylation sites (tertiary alicyclic amines) is 2. The van der Waals surface area contributed by atoms with Crippen LogP contribution in [0.25, 0.3) is 0 Å². The first-order chi connectivity index (χ1) is 15.0. The number of amides is 1. The van der Waals surface area contributed by atoms with Crippen LogP contribution in [0.15, 0.2) is 30.3 Å². The lowest BCUT2D eigenvalue weighted by atomic mass is 9.91. The molecule has 2 N–H and O–H groups in total. The van der Waals surface area contributed by atoms with Crippen LogP contribution in [-0.4, -0.2) is 51.4 Å². The predicted octanol–water partition coefficient (Wildman–Crippen LogP) is 3.34. The Labute approximate surface area is 183 Å². The van der Waals surface area contributed by atoms with Crippen molar-refractivity contribution in [2.45, 2.75) is 58.0 Å². The molecule has 0 spiro atoms. The minimum atomic E-state index is -0.222. The molecule has 2 aliphatic rings. The van der Waals surface area contributed by atoms with Gasteiger partial charge in [0.05, 0.1) is 6.04 Å². The van der Waals surface area contributed by atoms with Crippen LogP contribution in [0.1, 0.15) is 49.2 Å². The van der Waals surface area contributed by atoms with Crippen LogP contribution in [0.4, 0.5) is 10.2 Å². The van der Waals surface area contributed by atoms with Crippen molar-refractivity contribution in [1.82, 2.24) is 19.8 Å². The average Bonchev–Trinajstić information content (AvgIpc) is 2.73. The number of nitrogens with two attached hydrogens (primary N) is 1. The minimum Gasteiger partial charge on any atom is -0.384 e. The molecule has 31 heavy (non-hydrogen) atoms. The molecule has 1 amide bonds. The Morgan fingerprint density at radius 3 is 2.68 bits per heavy atom. The number of aryl methyl sites for hydroxylation is 1. The van der Waals surface area contributed by atoms with Crippen molar-refractivity contribution in [1.29, 1.82) is 0 Å². The lowest BCUT2D eigenvalue weighted by Crippen LogP contribution is -2.52. The van der Waals surface area contributed by atoms with Gasteiger partial charge in [-0.05, 0) is 69.2 Å². The smallest absolute Gasteiger partial charge is 0.239 e. The van der Waals surface area contributed by atoms with E-state index < -0.39 is 0 Å². The van der Waals surface area contributed by atoms with Gasteiger partial charge in [0.1, 0.15) is 17.5 Å². The monoisotopic (exact) mass is 425 g/mol. The third-order valence-electron chi connectivity index (χ3n) is 6.51. The largest absolute Gasteiger partial charge is 0.384 e. The summed E-state index contributed by atoms with van der Waals surface area (Å²) >= 11 is 0. The van der Waals surface area contributed by atoms with E-state index >= 15 is 0 Å². The summed E-state index contributed by atoms with van der Waals surface area (Å²) < 4.78 is 13.6. The lowest BCUT2D eigenvalue weighted by molar-refractivity contribution is -0.140. The van der Waals surface area contributed by atoms with Gasteiger partial charge in [-0.3, -0.25) is 9.69 Å². The maximum atomic E-state index is 13.6. The standard InChI is InChI=1S/C24H32FN5O/c1-17-27-21(15-23(26)28-17)14-18-8-11-29(12-9-18)24(31)22-7-2-3-10-30(22)16-19-5-4-6-20(25)13-19/h4-6,13,15,18,22H,2-3,7-12,14,16H2,1H3,(H2,26,27,28). The van der Waals surface area contributed by atoms with Gasteiger partial charge in [-0.2, -0.15) is 0 Å². The predicted molar refractivity (Wildman–Crippen MR) is 119 cm³/mol. The van der Waals surface area contributed by atoms with Crippen LogP contribution in [0, 0.1) is 18.7 Å². The fourth-order valence-corrected chi connectivity index (χ4v) is 4.95. The average molecular weight is 426 g/mol. The van der Waals surface area contributed by atoms with Crippen LogP contribution in [0.2, 0.25) is 0 Å². The van der Waals surface area contributed by atoms with E-state index in [9.17, 15) is 9.18 Å². The van der Waals surface area contributed by atoms with Gasteiger partial charge in [0.25, 0.3) is 0 Å². The highest BCUT2D eigenvalue weighted by Crippen LogP contribution is 2.26. The number of nitrogens with zero attached hydrogens (tertiary/aromatic N) is 4. The Balaban J connectivity index is 1.34. The van der Waals surface area contributed by atoms with Crippen molar-refractivity contribution in [2.24, 2.45) is 5.92 Å². The molecule has 3 heterocycles. The molecule has 4 rings (SSSR count).